The topological polar surface area (TPSA) is 64.8 Å². The summed E-state index contributed by atoms with van der Waals surface area (Å²) < 4.78 is 10.5. The Bertz CT molecular complexity index is 502. The Morgan fingerprint density at radius 2 is 2.10 bits per heavy atom. The number of carbonyl (C=O) groups is 1. The van der Waals surface area contributed by atoms with Crippen LogP contribution in [-0.4, -0.2) is 38.8 Å². The van der Waals surface area contributed by atoms with Crippen molar-refractivity contribution < 1.29 is 14.3 Å². The SMILES string of the molecule is CCOC(=O)C(N)(CN(C)c1ccccc1OC)C1CC1. The number of nitrogens with two attached hydrogens (primary N) is 1. The van der Waals surface area contributed by atoms with E-state index in [0.29, 0.717) is 13.2 Å². The summed E-state index contributed by atoms with van der Waals surface area (Å²) in [5.41, 5.74) is 6.37. The molecule has 1 aliphatic carbocycles. The Kier molecular flexibility index (Phi) is 4.73. The lowest BCUT2D eigenvalue weighted by Crippen LogP contribution is -2.58. The molecule has 0 saturated heterocycles. The summed E-state index contributed by atoms with van der Waals surface area (Å²) in [6.45, 7) is 2.56. The van der Waals surface area contributed by atoms with Crippen LogP contribution in [0.25, 0.3) is 0 Å². The quantitative estimate of drug-likeness (QED) is 0.776. The molecule has 116 valence electrons. The smallest absolute Gasteiger partial charge is 0.328 e. The van der Waals surface area contributed by atoms with Gasteiger partial charge in [0.2, 0.25) is 0 Å². The van der Waals surface area contributed by atoms with Gasteiger partial charge >= 0.3 is 5.97 Å². The van der Waals surface area contributed by atoms with Crippen molar-refractivity contribution in [3.63, 3.8) is 0 Å². The van der Waals surface area contributed by atoms with E-state index in [2.05, 4.69) is 0 Å². The van der Waals surface area contributed by atoms with Crippen LogP contribution in [0, 0.1) is 5.92 Å². The van der Waals surface area contributed by atoms with Crippen LogP contribution in [-0.2, 0) is 9.53 Å². The summed E-state index contributed by atoms with van der Waals surface area (Å²) in [5.74, 6) is 0.657. The van der Waals surface area contributed by atoms with Gasteiger partial charge in [-0.15, -0.1) is 0 Å². The Morgan fingerprint density at radius 1 is 1.43 bits per heavy atom. The molecule has 0 heterocycles. The molecule has 1 aromatic carbocycles. The Hall–Kier alpha value is -1.75. The number of anilines is 1. The second-order valence-corrected chi connectivity index (χ2v) is 5.56. The lowest BCUT2D eigenvalue weighted by Gasteiger charge is -2.33. The molecule has 1 aromatic rings. The van der Waals surface area contributed by atoms with E-state index in [-0.39, 0.29) is 11.9 Å². The van der Waals surface area contributed by atoms with E-state index in [9.17, 15) is 4.79 Å². The molecule has 0 aromatic heterocycles. The number of methoxy groups -OCH3 is 1. The summed E-state index contributed by atoms with van der Waals surface area (Å²) in [6.07, 6.45) is 1.96. The number of benzene rings is 1. The van der Waals surface area contributed by atoms with Gasteiger partial charge < -0.3 is 20.1 Å². The van der Waals surface area contributed by atoms with Gasteiger partial charge in [-0.05, 0) is 37.8 Å². The van der Waals surface area contributed by atoms with Crippen molar-refractivity contribution in [2.75, 3.05) is 32.2 Å². The summed E-state index contributed by atoms with van der Waals surface area (Å²) >= 11 is 0. The molecule has 0 bridgehead atoms. The zero-order chi connectivity index (χ0) is 15.5. The van der Waals surface area contributed by atoms with Gasteiger partial charge in [0.1, 0.15) is 11.3 Å². The third-order valence-electron chi connectivity index (χ3n) is 3.96. The van der Waals surface area contributed by atoms with Crippen LogP contribution in [0.4, 0.5) is 5.69 Å². The average molecular weight is 292 g/mol. The van der Waals surface area contributed by atoms with Crippen molar-refractivity contribution in [1.29, 1.82) is 0 Å². The number of nitrogens with zero attached hydrogens (tertiary/aromatic N) is 1. The fourth-order valence-electron chi connectivity index (χ4n) is 2.65. The van der Waals surface area contributed by atoms with Crippen molar-refractivity contribution in [3.05, 3.63) is 24.3 Å². The lowest BCUT2D eigenvalue weighted by atomic mass is 9.93. The Labute approximate surface area is 126 Å². The largest absolute Gasteiger partial charge is 0.495 e. The number of ether oxygens (including phenoxy) is 2. The molecular formula is C16H24N2O3. The number of carbonyl (C=O) groups excluding carboxylic acids is 1. The van der Waals surface area contributed by atoms with Crippen molar-refractivity contribution in [2.24, 2.45) is 11.7 Å². The summed E-state index contributed by atoms with van der Waals surface area (Å²) in [6, 6.07) is 7.70. The molecule has 0 spiro atoms. The van der Waals surface area contributed by atoms with Crippen LogP contribution in [0.5, 0.6) is 5.75 Å². The maximum atomic E-state index is 12.3. The van der Waals surface area contributed by atoms with E-state index < -0.39 is 5.54 Å². The first kappa shape index (κ1) is 15.6. The number of para-hydroxylation sites is 2. The first-order valence-electron chi connectivity index (χ1n) is 7.33. The summed E-state index contributed by atoms with van der Waals surface area (Å²) in [4.78, 5) is 14.2. The van der Waals surface area contributed by atoms with Gasteiger partial charge in [0.05, 0.1) is 19.4 Å². The number of likely N-dealkylation sites (N-methyl/N-ethyl adjacent to an activating group) is 1. The first-order chi connectivity index (χ1) is 10.0. The molecule has 1 saturated carbocycles. The van der Waals surface area contributed by atoms with Gasteiger partial charge in [0.15, 0.2) is 0 Å². The molecule has 2 rings (SSSR count). The highest BCUT2D eigenvalue weighted by atomic mass is 16.5. The molecule has 1 unspecified atom stereocenters. The maximum Gasteiger partial charge on any atom is 0.328 e. The number of rotatable bonds is 7. The second-order valence-electron chi connectivity index (χ2n) is 5.56. The van der Waals surface area contributed by atoms with E-state index in [4.69, 9.17) is 15.2 Å². The van der Waals surface area contributed by atoms with E-state index in [1.165, 1.54) is 0 Å². The van der Waals surface area contributed by atoms with Crippen LogP contribution in [0.1, 0.15) is 19.8 Å². The average Bonchev–Trinajstić information content (AvgIpc) is 3.32. The minimum atomic E-state index is -0.953. The van der Waals surface area contributed by atoms with Crippen molar-refractivity contribution in [3.8, 4) is 5.75 Å². The molecule has 1 fully saturated rings. The molecule has 5 heteroatoms. The monoisotopic (exact) mass is 292 g/mol. The van der Waals surface area contributed by atoms with E-state index in [1.807, 2.05) is 36.2 Å². The molecular weight excluding hydrogens is 268 g/mol. The van der Waals surface area contributed by atoms with Crippen molar-refractivity contribution >= 4 is 11.7 Å². The second kappa shape index (κ2) is 6.35. The molecule has 5 nitrogen and oxygen atoms in total. The zero-order valence-corrected chi connectivity index (χ0v) is 13.0. The van der Waals surface area contributed by atoms with Gasteiger partial charge in [-0.2, -0.15) is 0 Å². The third kappa shape index (κ3) is 3.29. The fourth-order valence-corrected chi connectivity index (χ4v) is 2.65. The minimum Gasteiger partial charge on any atom is -0.495 e. The predicted octanol–water partition coefficient (Wildman–Crippen LogP) is 1.80. The van der Waals surface area contributed by atoms with Crippen molar-refractivity contribution in [1.82, 2.24) is 0 Å². The Balaban J connectivity index is 2.18. The van der Waals surface area contributed by atoms with Gasteiger partial charge in [0, 0.05) is 13.6 Å². The van der Waals surface area contributed by atoms with Crippen LogP contribution in [0.15, 0.2) is 24.3 Å². The van der Waals surface area contributed by atoms with Gasteiger partial charge in [-0.25, -0.2) is 4.79 Å². The predicted molar refractivity (Wildman–Crippen MR) is 82.5 cm³/mol. The van der Waals surface area contributed by atoms with Crippen molar-refractivity contribution in [2.45, 2.75) is 25.3 Å². The first-order valence-corrected chi connectivity index (χ1v) is 7.33. The fraction of sp³-hybridized carbons (Fsp3) is 0.562. The Morgan fingerprint density at radius 3 is 2.67 bits per heavy atom. The van der Waals surface area contributed by atoms with Gasteiger partial charge in [0.25, 0.3) is 0 Å². The lowest BCUT2D eigenvalue weighted by molar-refractivity contribution is -0.150. The molecule has 2 N–H and O–H groups in total. The molecule has 1 aliphatic rings. The summed E-state index contributed by atoms with van der Waals surface area (Å²) in [5, 5.41) is 0. The van der Waals surface area contributed by atoms with E-state index >= 15 is 0 Å². The van der Waals surface area contributed by atoms with Crippen LogP contribution in [0.2, 0.25) is 0 Å². The molecule has 1 atom stereocenters. The minimum absolute atomic E-state index is 0.203. The molecule has 21 heavy (non-hydrogen) atoms. The summed E-state index contributed by atoms with van der Waals surface area (Å²) in [7, 11) is 3.55. The normalized spacial score (nSPS) is 17.0. The standard InChI is InChI=1S/C16H24N2O3/c1-4-21-15(19)16(17,12-9-10-12)11-18(2)13-7-5-6-8-14(13)20-3/h5-8,12H,4,9-11,17H2,1-3H3. The van der Waals surface area contributed by atoms with Gasteiger partial charge in [-0.3, -0.25) is 0 Å². The highest BCUT2D eigenvalue weighted by Gasteiger charge is 2.50. The number of esters is 1. The third-order valence-corrected chi connectivity index (χ3v) is 3.96. The van der Waals surface area contributed by atoms with Gasteiger partial charge in [-0.1, -0.05) is 12.1 Å². The van der Waals surface area contributed by atoms with Crippen LogP contribution in [0.3, 0.4) is 0 Å². The molecule has 0 amide bonds. The van der Waals surface area contributed by atoms with E-state index in [1.54, 1.807) is 14.0 Å². The van der Waals surface area contributed by atoms with Crippen LogP contribution >= 0.6 is 0 Å². The van der Waals surface area contributed by atoms with Crippen LogP contribution < -0.4 is 15.4 Å². The molecule has 0 radical (unpaired) electrons. The molecule has 0 aliphatic heterocycles. The van der Waals surface area contributed by atoms with E-state index in [0.717, 1.165) is 24.3 Å². The highest BCUT2D eigenvalue weighted by molar-refractivity contribution is 5.82. The number of hydrogen-bond acceptors (Lipinski definition) is 5. The number of hydrogen-bond donors (Lipinski definition) is 1. The highest BCUT2D eigenvalue weighted by Crippen LogP contribution is 2.40. The zero-order valence-electron chi connectivity index (χ0n) is 13.0. The maximum absolute atomic E-state index is 12.3.